The smallest absolute Gasteiger partial charge is 0.329 e. The number of anilines is 1. The van der Waals surface area contributed by atoms with Gasteiger partial charge in [-0.25, -0.2) is 4.79 Å². The molecule has 3 aromatic rings. The summed E-state index contributed by atoms with van der Waals surface area (Å²) in [6.45, 7) is 3.14. The molecule has 2 aromatic heterocycles. The van der Waals surface area contributed by atoms with Crippen molar-refractivity contribution in [3.8, 4) is 5.69 Å². The first kappa shape index (κ1) is 15.9. The van der Waals surface area contributed by atoms with Gasteiger partial charge in [0.1, 0.15) is 0 Å². The van der Waals surface area contributed by atoms with Crippen LogP contribution in [0.15, 0.2) is 33.9 Å². The number of nitrogens with zero attached hydrogens (tertiary/aromatic N) is 4. The highest BCUT2D eigenvalue weighted by molar-refractivity contribution is 6.32. The van der Waals surface area contributed by atoms with E-state index in [0.717, 1.165) is 30.7 Å². The first-order valence-corrected chi connectivity index (χ1v) is 8.38. The van der Waals surface area contributed by atoms with Crippen LogP contribution in [0.25, 0.3) is 16.9 Å². The summed E-state index contributed by atoms with van der Waals surface area (Å²) in [5.74, 6) is 0.601. The van der Waals surface area contributed by atoms with E-state index < -0.39 is 11.2 Å². The fourth-order valence-electron chi connectivity index (χ4n) is 3.07. The normalized spacial score (nSPS) is 15.0. The van der Waals surface area contributed by atoms with Gasteiger partial charge in [-0.15, -0.1) is 0 Å². The van der Waals surface area contributed by atoms with Crippen LogP contribution in [-0.4, -0.2) is 45.3 Å². The number of rotatable bonds is 2. The molecule has 0 saturated carbocycles. The topological polar surface area (TPSA) is 87.9 Å². The van der Waals surface area contributed by atoms with E-state index in [2.05, 4.69) is 20.2 Å². The maximum Gasteiger partial charge on any atom is 0.329 e. The lowest BCUT2D eigenvalue weighted by Crippen LogP contribution is -2.44. The zero-order valence-corrected chi connectivity index (χ0v) is 14.4. The summed E-state index contributed by atoms with van der Waals surface area (Å²) < 4.78 is 2.78. The molecule has 1 aliphatic rings. The summed E-state index contributed by atoms with van der Waals surface area (Å²) in [5.41, 5.74) is 0.329. The average molecular weight is 361 g/mol. The molecule has 1 aliphatic heterocycles. The van der Waals surface area contributed by atoms with Gasteiger partial charge in [-0.3, -0.25) is 18.9 Å². The lowest BCUT2D eigenvalue weighted by Gasteiger charge is -2.28. The van der Waals surface area contributed by atoms with Crippen molar-refractivity contribution in [1.82, 2.24) is 24.4 Å². The third-order valence-electron chi connectivity index (χ3n) is 4.39. The van der Waals surface area contributed by atoms with E-state index in [1.165, 1.54) is 7.05 Å². The number of halogens is 1. The second kappa shape index (κ2) is 6.05. The molecular weight excluding hydrogens is 344 g/mol. The van der Waals surface area contributed by atoms with Crippen molar-refractivity contribution in [3.63, 3.8) is 0 Å². The molecule has 0 radical (unpaired) electrons. The van der Waals surface area contributed by atoms with Crippen LogP contribution in [0.1, 0.15) is 0 Å². The number of H-pyrrole nitrogens is 1. The van der Waals surface area contributed by atoms with Crippen molar-refractivity contribution in [2.24, 2.45) is 7.05 Å². The van der Waals surface area contributed by atoms with E-state index in [1.807, 2.05) is 18.2 Å². The van der Waals surface area contributed by atoms with E-state index >= 15 is 0 Å². The van der Waals surface area contributed by atoms with E-state index in [-0.39, 0.29) is 5.65 Å². The monoisotopic (exact) mass is 360 g/mol. The summed E-state index contributed by atoms with van der Waals surface area (Å²) in [6.07, 6.45) is 0. The van der Waals surface area contributed by atoms with Gasteiger partial charge >= 0.3 is 5.69 Å². The number of aromatic nitrogens is 4. The predicted octanol–water partition coefficient (Wildman–Crippen LogP) is 0.476. The minimum Gasteiger partial charge on any atom is -0.339 e. The van der Waals surface area contributed by atoms with Crippen LogP contribution in [0.3, 0.4) is 0 Å². The Morgan fingerprint density at radius 2 is 1.88 bits per heavy atom. The summed E-state index contributed by atoms with van der Waals surface area (Å²) in [6, 6.07) is 7.28. The van der Waals surface area contributed by atoms with Crippen molar-refractivity contribution < 1.29 is 0 Å². The molecular formula is C16H17ClN6O2. The molecule has 0 amide bonds. The first-order valence-electron chi connectivity index (χ1n) is 8.00. The molecule has 0 unspecified atom stereocenters. The molecule has 130 valence electrons. The molecule has 1 saturated heterocycles. The van der Waals surface area contributed by atoms with Gasteiger partial charge in [0.25, 0.3) is 5.56 Å². The van der Waals surface area contributed by atoms with Gasteiger partial charge < -0.3 is 10.2 Å². The molecule has 1 aromatic carbocycles. The maximum atomic E-state index is 12.8. The van der Waals surface area contributed by atoms with Crippen LogP contribution in [0.4, 0.5) is 5.95 Å². The van der Waals surface area contributed by atoms with Crippen molar-refractivity contribution in [2.45, 2.75) is 0 Å². The van der Waals surface area contributed by atoms with Gasteiger partial charge in [0, 0.05) is 33.2 Å². The molecule has 4 rings (SSSR count). The predicted molar refractivity (Wildman–Crippen MR) is 97.0 cm³/mol. The SMILES string of the molecule is Cn1c(=O)[nH]c2nc(N3CCNCC3)n(-c3ccccc3Cl)c2c1=O. The second-order valence-corrected chi connectivity index (χ2v) is 6.33. The largest absolute Gasteiger partial charge is 0.339 e. The van der Waals surface area contributed by atoms with Crippen LogP contribution in [0, 0.1) is 0 Å². The van der Waals surface area contributed by atoms with Gasteiger partial charge in [0.05, 0.1) is 10.7 Å². The Kier molecular flexibility index (Phi) is 3.85. The van der Waals surface area contributed by atoms with Crippen LogP contribution >= 0.6 is 11.6 Å². The summed E-state index contributed by atoms with van der Waals surface area (Å²) in [4.78, 5) is 34.0. The molecule has 0 aliphatic carbocycles. The van der Waals surface area contributed by atoms with E-state index in [0.29, 0.717) is 22.2 Å². The number of benzene rings is 1. The van der Waals surface area contributed by atoms with Crippen molar-refractivity contribution in [3.05, 3.63) is 50.1 Å². The summed E-state index contributed by atoms with van der Waals surface area (Å²) in [7, 11) is 1.44. The fraction of sp³-hybridized carbons (Fsp3) is 0.312. The Bertz CT molecular complexity index is 1060. The number of imidazole rings is 1. The van der Waals surface area contributed by atoms with Gasteiger partial charge in [-0.05, 0) is 12.1 Å². The number of hydrogen-bond acceptors (Lipinski definition) is 5. The first-order chi connectivity index (χ1) is 12.1. The Balaban J connectivity index is 2.09. The average Bonchev–Trinajstić information content (AvgIpc) is 3.00. The van der Waals surface area contributed by atoms with Gasteiger partial charge in [0.2, 0.25) is 5.95 Å². The Morgan fingerprint density at radius 3 is 2.60 bits per heavy atom. The van der Waals surface area contributed by atoms with Crippen molar-refractivity contribution in [1.29, 1.82) is 0 Å². The minimum atomic E-state index is -0.492. The highest BCUT2D eigenvalue weighted by atomic mass is 35.5. The van der Waals surface area contributed by atoms with E-state index in [4.69, 9.17) is 11.6 Å². The number of fused-ring (bicyclic) bond motifs is 1. The quantitative estimate of drug-likeness (QED) is 0.694. The molecule has 2 N–H and O–H groups in total. The summed E-state index contributed by atoms with van der Waals surface area (Å²) in [5, 5.41) is 3.80. The summed E-state index contributed by atoms with van der Waals surface area (Å²) >= 11 is 6.39. The van der Waals surface area contributed by atoms with Crippen LogP contribution in [-0.2, 0) is 7.05 Å². The molecule has 0 bridgehead atoms. The molecule has 0 atom stereocenters. The lowest BCUT2D eigenvalue weighted by molar-refractivity contribution is 0.578. The van der Waals surface area contributed by atoms with Gasteiger partial charge in [-0.1, -0.05) is 23.7 Å². The number of hydrogen-bond donors (Lipinski definition) is 2. The van der Waals surface area contributed by atoms with Crippen LogP contribution < -0.4 is 21.5 Å². The third kappa shape index (κ3) is 2.54. The Morgan fingerprint density at radius 1 is 1.16 bits per heavy atom. The molecule has 8 nitrogen and oxygen atoms in total. The Labute approximate surface area is 147 Å². The maximum absolute atomic E-state index is 12.8. The Hall–Kier alpha value is -2.58. The highest BCUT2D eigenvalue weighted by Crippen LogP contribution is 2.28. The number of nitrogens with one attached hydrogen (secondary N) is 2. The second-order valence-electron chi connectivity index (χ2n) is 5.93. The van der Waals surface area contributed by atoms with E-state index in [9.17, 15) is 9.59 Å². The minimum absolute atomic E-state index is 0.265. The van der Waals surface area contributed by atoms with Crippen molar-refractivity contribution >= 4 is 28.7 Å². The van der Waals surface area contributed by atoms with Gasteiger partial charge in [-0.2, -0.15) is 4.98 Å². The molecule has 3 heterocycles. The number of para-hydroxylation sites is 1. The zero-order valence-electron chi connectivity index (χ0n) is 13.6. The van der Waals surface area contributed by atoms with E-state index in [1.54, 1.807) is 10.6 Å². The molecule has 25 heavy (non-hydrogen) atoms. The lowest BCUT2D eigenvalue weighted by atomic mass is 10.3. The van der Waals surface area contributed by atoms with Crippen LogP contribution in [0.5, 0.6) is 0 Å². The number of piperazine rings is 1. The third-order valence-corrected chi connectivity index (χ3v) is 4.71. The van der Waals surface area contributed by atoms with Crippen molar-refractivity contribution in [2.75, 3.05) is 31.1 Å². The molecule has 9 heteroatoms. The van der Waals surface area contributed by atoms with Crippen LogP contribution in [0.2, 0.25) is 5.02 Å². The standard InChI is InChI=1S/C16H17ClN6O2/c1-21-14(24)12-13(20-16(21)25)19-15(22-8-6-18-7-9-22)23(12)11-5-3-2-4-10(11)17/h2-5,18H,6-9H2,1H3,(H,20,25). The highest BCUT2D eigenvalue weighted by Gasteiger charge is 2.24. The molecule has 0 spiro atoms. The molecule has 1 fully saturated rings. The zero-order chi connectivity index (χ0) is 17.6. The van der Waals surface area contributed by atoms with Gasteiger partial charge in [0.15, 0.2) is 11.2 Å². The number of aromatic amines is 1. The fourth-order valence-corrected chi connectivity index (χ4v) is 3.29.